The Morgan fingerprint density at radius 3 is 2.11 bits per heavy atom. The molecule has 0 rings (SSSR count). The summed E-state index contributed by atoms with van der Waals surface area (Å²) in [4.78, 5) is 25.0. The standard InChI is InChI=1S/C13H25NO4/c1-6-11(7-2)8-14(9-12(15)18-5)13(16)10(3)17-4/h10-11H,6-9H2,1-5H3. The first-order valence-corrected chi connectivity index (χ1v) is 6.38. The first-order chi connectivity index (χ1) is 8.49. The lowest BCUT2D eigenvalue weighted by Crippen LogP contribution is -2.44. The highest BCUT2D eigenvalue weighted by molar-refractivity contribution is 5.84. The van der Waals surface area contributed by atoms with Gasteiger partial charge in [0.1, 0.15) is 12.6 Å². The fourth-order valence-electron chi connectivity index (χ4n) is 1.67. The normalized spacial score (nSPS) is 12.3. The predicted molar refractivity (Wildman–Crippen MR) is 69.1 cm³/mol. The Balaban J connectivity index is 4.70. The summed E-state index contributed by atoms with van der Waals surface area (Å²) < 4.78 is 9.63. The Labute approximate surface area is 109 Å². The molecule has 0 radical (unpaired) electrons. The van der Waals surface area contributed by atoms with Gasteiger partial charge in [-0.1, -0.05) is 26.7 Å². The second kappa shape index (κ2) is 8.91. The fourth-order valence-corrected chi connectivity index (χ4v) is 1.67. The molecule has 18 heavy (non-hydrogen) atoms. The van der Waals surface area contributed by atoms with Gasteiger partial charge in [-0.3, -0.25) is 9.59 Å². The molecule has 0 N–H and O–H groups in total. The highest BCUT2D eigenvalue weighted by Crippen LogP contribution is 2.11. The van der Waals surface area contributed by atoms with Crippen LogP contribution >= 0.6 is 0 Å². The lowest BCUT2D eigenvalue weighted by Gasteiger charge is -2.27. The molecular formula is C13H25NO4. The topological polar surface area (TPSA) is 55.8 Å². The quantitative estimate of drug-likeness (QED) is 0.619. The van der Waals surface area contributed by atoms with E-state index in [0.29, 0.717) is 12.5 Å². The van der Waals surface area contributed by atoms with Gasteiger partial charge in [-0.25, -0.2) is 0 Å². The predicted octanol–water partition coefficient (Wildman–Crippen LogP) is 1.46. The summed E-state index contributed by atoms with van der Waals surface area (Å²) in [6, 6.07) is 0. The van der Waals surface area contributed by atoms with Crippen molar-refractivity contribution in [1.29, 1.82) is 0 Å². The average Bonchev–Trinajstić information content (AvgIpc) is 2.41. The molecule has 0 aliphatic carbocycles. The van der Waals surface area contributed by atoms with E-state index < -0.39 is 12.1 Å². The van der Waals surface area contributed by atoms with Crippen LogP contribution in [0.5, 0.6) is 0 Å². The van der Waals surface area contributed by atoms with E-state index in [-0.39, 0.29) is 12.5 Å². The van der Waals surface area contributed by atoms with Crippen molar-refractivity contribution in [1.82, 2.24) is 4.90 Å². The van der Waals surface area contributed by atoms with Crippen molar-refractivity contribution in [3.8, 4) is 0 Å². The molecule has 0 heterocycles. The fraction of sp³-hybridized carbons (Fsp3) is 0.846. The lowest BCUT2D eigenvalue weighted by molar-refractivity contribution is -0.151. The van der Waals surface area contributed by atoms with Crippen LogP contribution < -0.4 is 0 Å². The second-order valence-electron chi connectivity index (χ2n) is 4.36. The summed E-state index contributed by atoms with van der Waals surface area (Å²) in [5.74, 6) is -0.185. The van der Waals surface area contributed by atoms with Crippen LogP contribution in [0.3, 0.4) is 0 Å². The Morgan fingerprint density at radius 1 is 1.17 bits per heavy atom. The number of carbonyl (C=O) groups is 2. The van der Waals surface area contributed by atoms with E-state index >= 15 is 0 Å². The molecule has 0 fully saturated rings. The van der Waals surface area contributed by atoms with Crippen LogP contribution in [0.25, 0.3) is 0 Å². The number of ether oxygens (including phenoxy) is 2. The van der Waals surface area contributed by atoms with Crippen LogP contribution in [-0.4, -0.2) is 50.2 Å². The van der Waals surface area contributed by atoms with Crippen LogP contribution in [0.15, 0.2) is 0 Å². The van der Waals surface area contributed by atoms with Gasteiger partial charge in [-0.2, -0.15) is 0 Å². The monoisotopic (exact) mass is 259 g/mol. The van der Waals surface area contributed by atoms with E-state index in [9.17, 15) is 9.59 Å². The third-order valence-corrected chi connectivity index (χ3v) is 3.19. The summed E-state index contributed by atoms with van der Waals surface area (Å²) in [6.07, 6.45) is 1.41. The van der Waals surface area contributed by atoms with Gasteiger partial charge in [0.05, 0.1) is 7.11 Å². The SMILES string of the molecule is CCC(CC)CN(CC(=O)OC)C(=O)C(C)OC. The number of rotatable bonds is 8. The van der Waals surface area contributed by atoms with Crippen LogP contribution in [0.4, 0.5) is 0 Å². The Bertz CT molecular complexity index is 264. The molecular weight excluding hydrogens is 234 g/mol. The minimum Gasteiger partial charge on any atom is -0.468 e. The minimum absolute atomic E-state index is 0.0144. The lowest BCUT2D eigenvalue weighted by atomic mass is 10.0. The van der Waals surface area contributed by atoms with Crippen molar-refractivity contribution in [3.63, 3.8) is 0 Å². The molecule has 0 bridgehead atoms. The van der Waals surface area contributed by atoms with Crippen molar-refractivity contribution in [2.75, 3.05) is 27.3 Å². The zero-order valence-corrected chi connectivity index (χ0v) is 12.1. The van der Waals surface area contributed by atoms with Crippen molar-refractivity contribution < 1.29 is 19.1 Å². The molecule has 1 amide bonds. The van der Waals surface area contributed by atoms with E-state index in [1.54, 1.807) is 6.92 Å². The molecule has 5 heteroatoms. The van der Waals surface area contributed by atoms with Crippen LogP contribution in [0.1, 0.15) is 33.6 Å². The summed E-state index contributed by atoms with van der Waals surface area (Å²) >= 11 is 0. The van der Waals surface area contributed by atoms with Crippen molar-refractivity contribution >= 4 is 11.9 Å². The van der Waals surface area contributed by atoms with Gasteiger partial charge in [0, 0.05) is 13.7 Å². The number of amides is 1. The number of methoxy groups -OCH3 is 2. The molecule has 0 aromatic rings. The van der Waals surface area contributed by atoms with Crippen molar-refractivity contribution in [3.05, 3.63) is 0 Å². The summed E-state index contributed by atoms with van der Waals surface area (Å²) in [7, 11) is 2.80. The number of esters is 1. The maximum absolute atomic E-state index is 12.1. The maximum Gasteiger partial charge on any atom is 0.325 e. The average molecular weight is 259 g/mol. The van der Waals surface area contributed by atoms with Crippen LogP contribution in [0, 0.1) is 5.92 Å². The zero-order chi connectivity index (χ0) is 14.1. The van der Waals surface area contributed by atoms with Crippen LogP contribution in [-0.2, 0) is 19.1 Å². The van der Waals surface area contributed by atoms with E-state index in [1.165, 1.54) is 19.1 Å². The molecule has 0 aliphatic heterocycles. The Kier molecular flexibility index (Phi) is 8.37. The zero-order valence-electron chi connectivity index (χ0n) is 12.1. The van der Waals surface area contributed by atoms with Crippen LogP contribution in [0.2, 0.25) is 0 Å². The molecule has 0 spiro atoms. The second-order valence-corrected chi connectivity index (χ2v) is 4.36. The third kappa shape index (κ3) is 5.49. The van der Waals surface area contributed by atoms with E-state index in [2.05, 4.69) is 18.6 Å². The Hall–Kier alpha value is -1.10. The van der Waals surface area contributed by atoms with Crippen molar-refractivity contribution in [2.24, 2.45) is 5.92 Å². The molecule has 0 saturated heterocycles. The molecule has 106 valence electrons. The third-order valence-electron chi connectivity index (χ3n) is 3.19. The maximum atomic E-state index is 12.1. The highest BCUT2D eigenvalue weighted by atomic mass is 16.5. The highest BCUT2D eigenvalue weighted by Gasteiger charge is 2.24. The molecule has 0 saturated carbocycles. The Morgan fingerprint density at radius 2 is 1.72 bits per heavy atom. The molecule has 0 aromatic heterocycles. The number of carbonyl (C=O) groups excluding carboxylic acids is 2. The molecule has 1 unspecified atom stereocenters. The largest absolute Gasteiger partial charge is 0.468 e. The number of hydrogen-bond donors (Lipinski definition) is 0. The molecule has 5 nitrogen and oxygen atoms in total. The first-order valence-electron chi connectivity index (χ1n) is 6.38. The first kappa shape index (κ1) is 16.9. The summed E-state index contributed by atoms with van der Waals surface area (Å²) in [6.45, 7) is 6.39. The van der Waals surface area contributed by atoms with Gasteiger partial charge >= 0.3 is 5.97 Å². The molecule has 1 atom stereocenters. The van der Waals surface area contributed by atoms with Gasteiger partial charge in [-0.05, 0) is 12.8 Å². The smallest absolute Gasteiger partial charge is 0.325 e. The van der Waals surface area contributed by atoms with Crippen molar-refractivity contribution in [2.45, 2.75) is 39.7 Å². The van der Waals surface area contributed by atoms with E-state index in [1.807, 2.05) is 0 Å². The number of hydrogen-bond acceptors (Lipinski definition) is 4. The van der Waals surface area contributed by atoms with Gasteiger partial charge in [0.2, 0.25) is 0 Å². The minimum atomic E-state index is -0.538. The van der Waals surface area contributed by atoms with E-state index in [0.717, 1.165) is 12.8 Å². The van der Waals surface area contributed by atoms with Gasteiger partial charge < -0.3 is 14.4 Å². The summed E-state index contributed by atoms with van der Waals surface area (Å²) in [5, 5.41) is 0. The molecule has 0 aliphatic rings. The van der Waals surface area contributed by atoms with Gasteiger partial charge in [0.15, 0.2) is 0 Å². The van der Waals surface area contributed by atoms with Gasteiger partial charge in [0.25, 0.3) is 5.91 Å². The van der Waals surface area contributed by atoms with Gasteiger partial charge in [-0.15, -0.1) is 0 Å². The number of nitrogens with zero attached hydrogens (tertiary/aromatic N) is 1. The van der Waals surface area contributed by atoms with E-state index in [4.69, 9.17) is 4.74 Å². The summed E-state index contributed by atoms with van der Waals surface area (Å²) in [5.41, 5.74) is 0. The molecule has 0 aromatic carbocycles.